The lowest BCUT2D eigenvalue weighted by Crippen LogP contribution is -2.24. The van der Waals surface area contributed by atoms with Crippen LogP contribution in [0.15, 0.2) is 67.3 Å². The molecule has 3 aromatic rings. The van der Waals surface area contributed by atoms with Gasteiger partial charge in [0, 0.05) is 17.0 Å². The molecule has 1 heterocycles. The molecule has 2 unspecified atom stereocenters. The first kappa shape index (κ1) is 31.1. The van der Waals surface area contributed by atoms with Gasteiger partial charge < -0.3 is 4.74 Å². The molecular formula is C37H45F3O. The first-order valence-corrected chi connectivity index (χ1v) is 15.6. The Bertz CT molecular complexity index is 1240. The molecule has 4 heteroatoms. The van der Waals surface area contributed by atoms with Gasteiger partial charge in [-0.25, -0.2) is 13.2 Å². The second kappa shape index (κ2) is 16.0. The third-order valence-corrected chi connectivity index (χ3v) is 8.50. The molecule has 0 aliphatic carbocycles. The van der Waals surface area contributed by atoms with E-state index in [1.54, 1.807) is 42.5 Å². The highest BCUT2D eigenvalue weighted by Crippen LogP contribution is 2.34. The summed E-state index contributed by atoms with van der Waals surface area (Å²) in [5.74, 6) is -1.66. The topological polar surface area (TPSA) is 9.23 Å². The van der Waals surface area contributed by atoms with Crippen molar-refractivity contribution in [2.75, 3.05) is 6.61 Å². The smallest absolute Gasteiger partial charge is 0.166 e. The fourth-order valence-corrected chi connectivity index (χ4v) is 5.90. The minimum Gasteiger partial charge on any atom is -0.378 e. The van der Waals surface area contributed by atoms with Crippen LogP contribution in [0.25, 0.3) is 22.3 Å². The van der Waals surface area contributed by atoms with Crippen LogP contribution in [-0.4, -0.2) is 12.7 Å². The molecule has 1 fully saturated rings. The Morgan fingerprint density at radius 2 is 1.44 bits per heavy atom. The Hall–Kier alpha value is -2.85. The van der Waals surface area contributed by atoms with Crippen molar-refractivity contribution < 1.29 is 17.9 Å². The van der Waals surface area contributed by atoms with Gasteiger partial charge in [-0.05, 0) is 66.8 Å². The Morgan fingerprint density at radius 1 is 0.780 bits per heavy atom. The van der Waals surface area contributed by atoms with Crippen LogP contribution in [0.3, 0.4) is 0 Å². The maximum absolute atomic E-state index is 15.2. The summed E-state index contributed by atoms with van der Waals surface area (Å²) in [6.07, 6.45) is 16.0. The standard InChI is InChI=1S/C37H45F3O/c1-3-5-7-8-9-10-11-12-13-29-20-24-34(37(40)36(29)39)28-17-15-27(16-18-28)33-23-21-30(25-35(33)38)31-19-22-32(41-26-31)14-6-4-2/h4,15-18,20-21,23-25,31-32H,2-3,5-14,19,22,26H2,1H3. The van der Waals surface area contributed by atoms with E-state index in [-0.39, 0.29) is 23.4 Å². The van der Waals surface area contributed by atoms with E-state index in [0.29, 0.717) is 35.3 Å². The lowest BCUT2D eigenvalue weighted by molar-refractivity contribution is -0.000212. The predicted molar refractivity (Wildman–Crippen MR) is 165 cm³/mol. The summed E-state index contributed by atoms with van der Waals surface area (Å²) in [5.41, 5.74) is 3.39. The molecule has 2 atom stereocenters. The lowest BCUT2D eigenvalue weighted by Gasteiger charge is -2.29. The van der Waals surface area contributed by atoms with Gasteiger partial charge in [0.25, 0.3) is 0 Å². The summed E-state index contributed by atoms with van der Waals surface area (Å²) in [6, 6.07) is 15.8. The zero-order valence-corrected chi connectivity index (χ0v) is 24.6. The molecule has 0 bridgehead atoms. The van der Waals surface area contributed by atoms with Crippen LogP contribution < -0.4 is 0 Å². The monoisotopic (exact) mass is 562 g/mol. The Morgan fingerprint density at radius 3 is 2.07 bits per heavy atom. The van der Waals surface area contributed by atoms with Crippen LogP contribution in [-0.2, 0) is 11.2 Å². The van der Waals surface area contributed by atoms with Crippen molar-refractivity contribution in [1.29, 1.82) is 0 Å². The Kier molecular flexibility index (Phi) is 12.1. The maximum Gasteiger partial charge on any atom is 0.166 e. The first-order chi connectivity index (χ1) is 20.0. The highest BCUT2D eigenvalue weighted by atomic mass is 19.2. The van der Waals surface area contributed by atoms with E-state index < -0.39 is 11.6 Å². The molecule has 3 aromatic carbocycles. The van der Waals surface area contributed by atoms with Crippen LogP contribution in [0.1, 0.15) is 101 Å². The first-order valence-electron chi connectivity index (χ1n) is 15.6. The predicted octanol–water partition coefficient (Wildman–Crippen LogP) is 11.3. The SMILES string of the molecule is C=CCCC1CCC(c2ccc(-c3ccc(-c4ccc(CCCCCCCCCC)c(F)c4F)cc3)c(F)c2)CO1. The molecule has 0 spiro atoms. The second-order valence-corrected chi connectivity index (χ2v) is 11.5. The number of ether oxygens (including phenoxy) is 1. The van der Waals surface area contributed by atoms with Crippen molar-refractivity contribution in [2.45, 2.75) is 102 Å². The third-order valence-electron chi connectivity index (χ3n) is 8.50. The fraction of sp³-hybridized carbons (Fsp3) is 0.459. The van der Waals surface area contributed by atoms with Gasteiger partial charge in [0.05, 0.1) is 12.7 Å². The average Bonchev–Trinajstić information content (AvgIpc) is 3.00. The number of rotatable bonds is 15. The maximum atomic E-state index is 15.2. The lowest BCUT2D eigenvalue weighted by atomic mass is 9.89. The number of hydrogen-bond acceptors (Lipinski definition) is 1. The molecule has 41 heavy (non-hydrogen) atoms. The molecule has 0 N–H and O–H groups in total. The molecule has 0 saturated carbocycles. The van der Waals surface area contributed by atoms with Crippen LogP contribution in [0.2, 0.25) is 0 Å². The van der Waals surface area contributed by atoms with E-state index in [1.807, 2.05) is 18.2 Å². The van der Waals surface area contributed by atoms with Crippen molar-refractivity contribution in [3.63, 3.8) is 0 Å². The van der Waals surface area contributed by atoms with Crippen LogP contribution in [0.5, 0.6) is 0 Å². The van der Waals surface area contributed by atoms with Crippen molar-refractivity contribution in [2.24, 2.45) is 0 Å². The number of hydrogen-bond donors (Lipinski definition) is 0. The van der Waals surface area contributed by atoms with Gasteiger partial charge in [0.15, 0.2) is 11.6 Å². The van der Waals surface area contributed by atoms with Crippen LogP contribution in [0.4, 0.5) is 13.2 Å². The number of halogens is 3. The van der Waals surface area contributed by atoms with Gasteiger partial charge in [0.2, 0.25) is 0 Å². The molecule has 1 aliphatic rings. The minimum atomic E-state index is -0.813. The summed E-state index contributed by atoms with van der Waals surface area (Å²) >= 11 is 0. The number of aryl methyl sites for hydroxylation is 1. The normalized spacial score (nSPS) is 17.1. The zero-order chi connectivity index (χ0) is 29.0. The van der Waals surface area contributed by atoms with E-state index in [9.17, 15) is 4.39 Å². The molecule has 1 aliphatic heterocycles. The molecule has 1 saturated heterocycles. The molecular weight excluding hydrogens is 517 g/mol. The highest BCUT2D eigenvalue weighted by Gasteiger charge is 2.23. The van der Waals surface area contributed by atoms with Gasteiger partial charge in [-0.3, -0.25) is 0 Å². The van der Waals surface area contributed by atoms with E-state index >= 15 is 8.78 Å². The van der Waals surface area contributed by atoms with Crippen molar-refractivity contribution >= 4 is 0 Å². The molecule has 0 amide bonds. The Balaban J connectivity index is 1.34. The minimum absolute atomic E-state index is 0.192. The van der Waals surface area contributed by atoms with E-state index in [0.717, 1.165) is 50.5 Å². The molecule has 0 aromatic heterocycles. The second-order valence-electron chi connectivity index (χ2n) is 11.5. The molecule has 220 valence electrons. The van der Waals surface area contributed by atoms with Crippen LogP contribution in [0, 0.1) is 17.5 Å². The zero-order valence-electron chi connectivity index (χ0n) is 24.6. The largest absolute Gasteiger partial charge is 0.378 e. The summed E-state index contributed by atoms with van der Waals surface area (Å²) < 4.78 is 51.1. The summed E-state index contributed by atoms with van der Waals surface area (Å²) in [6.45, 7) is 6.59. The van der Waals surface area contributed by atoms with Gasteiger partial charge in [-0.15, -0.1) is 6.58 Å². The van der Waals surface area contributed by atoms with Gasteiger partial charge in [-0.2, -0.15) is 0 Å². The van der Waals surface area contributed by atoms with E-state index in [1.165, 1.54) is 32.1 Å². The summed E-state index contributed by atoms with van der Waals surface area (Å²) in [4.78, 5) is 0. The molecule has 0 radical (unpaired) electrons. The third kappa shape index (κ3) is 8.58. The fourth-order valence-electron chi connectivity index (χ4n) is 5.90. The molecule has 1 nitrogen and oxygen atoms in total. The Labute approximate surface area is 244 Å². The van der Waals surface area contributed by atoms with E-state index in [4.69, 9.17) is 4.74 Å². The quantitative estimate of drug-likeness (QED) is 0.132. The molecule has 4 rings (SSSR count). The van der Waals surface area contributed by atoms with Crippen molar-refractivity contribution in [3.05, 3.63) is 95.8 Å². The van der Waals surface area contributed by atoms with Gasteiger partial charge in [0.1, 0.15) is 5.82 Å². The highest BCUT2D eigenvalue weighted by molar-refractivity contribution is 5.71. The van der Waals surface area contributed by atoms with Crippen LogP contribution >= 0.6 is 0 Å². The summed E-state index contributed by atoms with van der Waals surface area (Å²) in [5, 5.41) is 0. The van der Waals surface area contributed by atoms with Crippen molar-refractivity contribution in [3.8, 4) is 22.3 Å². The summed E-state index contributed by atoms with van der Waals surface area (Å²) in [7, 11) is 0. The number of allylic oxidation sites excluding steroid dienone is 1. The van der Waals surface area contributed by atoms with Gasteiger partial charge >= 0.3 is 0 Å². The average molecular weight is 563 g/mol. The van der Waals surface area contributed by atoms with Crippen molar-refractivity contribution in [1.82, 2.24) is 0 Å². The number of unbranched alkanes of at least 4 members (excludes halogenated alkanes) is 7. The van der Waals surface area contributed by atoms with Gasteiger partial charge in [-0.1, -0.05) is 106 Å². The van der Waals surface area contributed by atoms with E-state index in [2.05, 4.69) is 13.5 Å². The number of benzene rings is 3.